The van der Waals surface area contributed by atoms with Gasteiger partial charge in [-0.15, -0.1) is 0 Å². The number of halogens is 3. The number of ether oxygens (including phenoxy) is 1. The molecule has 2 aromatic carbocycles. The van der Waals surface area contributed by atoms with E-state index in [0.29, 0.717) is 6.61 Å². The predicted octanol–water partition coefficient (Wildman–Crippen LogP) is 6.21. The van der Waals surface area contributed by atoms with E-state index < -0.39 is 17.6 Å². The molecule has 0 atom stereocenters. The van der Waals surface area contributed by atoms with Gasteiger partial charge in [0.15, 0.2) is 0 Å². The molecule has 0 radical (unpaired) electrons. The molecular formula is C23H27F3N2O2. The lowest BCUT2D eigenvalue weighted by Crippen LogP contribution is -2.18. The molecule has 0 unspecified atom stereocenters. The second kappa shape index (κ2) is 12.0. The molecule has 0 aliphatic heterocycles. The standard InChI is InChI=1S/C23H27F3N2O2/c1-2-3-4-5-6-7-15-30-21-13-11-18(12-14-21)17-27-28-22(29)19-9-8-10-20(16-19)23(24,25)26/h8-14,16-17H,2-7,15H2,1H3,(H,28,29)/b27-17+. The first kappa shape index (κ1) is 23.4. The van der Waals surface area contributed by atoms with Gasteiger partial charge in [-0.05, 0) is 54.4 Å². The maximum Gasteiger partial charge on any atom is 0.416 e. The number of carbonyl (C=O) groups is 1. The van der Waals surface area contributed by atoms with Crippen molar-refractivity contribution in [3.05, 3.63) is 65.2 Å². The number of carbonyl (C=O) groups excluding carboxylic acids is 1. The summed E-state index contributed by atoms with van der Waals surface area (Å²) in [6.07, 6.45) is 4.13. The van der Waals surface area contributed by atoms with Gasteiger partial charge in [-0.3, -0.25) is 4.79 Å². The van der Waals surface area contributed by atoms with E-state index in [0.717, 1.165) is 36.3 Å². The molecule has 1 amide bonds. The number of nitrogens with zero attached hydrogens (tertiary/aromatic N) is 1. The van der Waals surface area contributed by atoms with Crippen molar-refractivity contribution in [3.63, 3.8) is 0 Å². The number of hydrogen-bond acceptors (Lipinski definition) is 3. The molecule has 0 aromatic heterocycles. The fraction of sp³-hybridized carbons (Fsp3) is 0.391. The molecule has 30 heavy (non-hydrogen) atoms. The van der Waals surface area contributed by atoms with Gasteiger partial charge in [0.25, 0.3) is 5.91 Å². The Bertz CT molecular complexity index is 818. The van der Waals surface area contributed by atoms with E-state index in [2.05, 4.69) is 17.5 Å². The zero-order valence-electron chi connectivity index (χ0n) is 17.0. The first-order valence-corrected chi connectivity index (χ1v) is 10.1. The van der Waals surface area contributed by atoms with Gasteiger partial charge in [-0.1, -0.05) is 45.1 Å². The Morgan fingerprint density at radius 3 is 2.43 bits per heavy atom. The lowest BCUT2D eigenvalue weighted by atomic mass is 10.1. The van der Waals surface area contributed by atoms with E-state index in [-0.39, 0.29) is 5.56 Å². The van der Waals surface area contributed by atoms with Crippen molar-refractivity contribution in [2.75, 3.05) is 6.61 Å². The number of hydrogen-bond donors (Lipinski definition) is 1. The lowest BCUT2D eigenvalue weighted by molar-refractivity contribution is -0.137. The highest BCUT2D eigenvalue weighted by molar-refractivity contribution is 5.95. The lowest BCUT2D eigenvalue weighted by Gasteiger charge is -2.07. The average Bonchev–Trinajstić information content (AvgIpc) is 2.73. The van der Waals surface area contributed by atoms with Crippen LogP contribution in [0.15, 0.2) is 53.6 Å². The van der Waals surface area contributed by atoms with Crippen LogP contribution in [0.3, 0.4) is 0 Å². The van der Waals surface area contributed by atoms with Crippen molar-refractivity contribution in [1.82, 2.24) is 5.43 Å². The van der Waals surface area contributed by atoms with Crippen LogP contribution in [-0.4, -0.2) is 18.7 Å². The van der Waals surface area contributed by atoms with Gasteiger partial charge >= 0.3 is 6.18 Å². The molecule has 0 aliphatic carbocycles. The van der Waals surface area contributed by atoms with Crippen LogP contribution < -0.4 is 10.2 Å². The highest BCUT2D eigenvalue weighted by atomic mass is 19.4. The second-order valence-corrected chi connectivity index (χ2v) is 6.96. The molecule has 2 rings (SSSR count). The van der Waals surface area contributed by atoms with E-state index >= 15 is 0 Å². The fourth-order valence-corrected chi connectivity index (χ4v) is 2.79. The monoisotopic (exact) mass is 420 g/mol. The third-order valence-electron chi connectivity index (χ3n) is 4.48. The Morgan fingerprint density at radius 1 is 1.03 bits per heavy atom. The Kier molecular flexibility index (Phi) is 9.38. The summed E-state index contributed by atoms with van der Waals surface area (Å²) < 4.78 is 43.9. The molecule has 162 valence electrons. The summed E-state index contributed by atoms with van der Waals surface area (Å²) in [5, 5.41) is 3.80. The molecule has 2 aromatic rings. The van der Waals surface area contributed by atoms with Crippen molar-refractivity contribution in [2.45, 2.75) is 51.6 Å². The fourth-order valence-electron chi connectivity index (χ4n) is 2.79. The maximum atomic E-state index is 12.7. The SMILES string of the molecule is CCCCCCCCOc1ccc(/C=N/NC(=O)c2cccc(C(F)(F)F)c2)cc1. The van der Waals surface area contributed by atoms with Crippen molar-refractivity contribution in [2.24, 2.45) is 5.10 Å². The molecule has 0 heterocycles. The zero-order chi connectivity index (χ0) is 21.8. The number of amides is 1. The predicted molar refractivity (Wildman–Crippen MR) is 112 cm³/mol. The summed E-state index contributed by atoms with van der Waals surface area (Å²) in [5.41, 5.74) is 1.97. The van der Waals surface area contributed by atoms with Gasteiger partial charge in [-0.2, -0.15) is 18.3 Å². The molecule has 7 heteroatoms. The minimum Gasteiger partial charge on any atom is -0.494 e. The summed E-state index contributed by atoms with van der Waals surface area (Å²) in [4.78, 5) is 12.0. The summed E-state index contributed by atoms with van der Waals surface area (Å²) >= 11 is 0. The van der Waals surface area contributed by atoms with Crippen molar-refractivity contribution in [1.29, 1.82) is 0 Å². The van der Waals surface area contributed by atoms with E-state index in [1.807, 2.05) is 12.1 Å². The van der Waals surface area contributed by atoms with E-state index in [4.69, 9.17) is 4.74 Å². The van der Waals surface area contributed by atoms with Gasteiger partial charge < -0.3 is 4.74 Å². The Labute approximate surface area is 175 Å². The van der Waals surface area contributed by atoms with Crippen LogP contribution in [0.2, 0.25) is 0 Å². The van der Waals surface area contributed by atoms with Gasteiger partial charge in [-0.25, -0.2) is 5.43 Å². The van der Waals surface area contributed by atoms with Gasteiger partial charge in [0.05, 0.1) is 18.4 Å². The van der Waals surface area contributed by atoms with Gasteiger partial charge in [0, 0.05) is 5.56 Å². The first-order valence-electron chi connectivity index (χ1n) is 10.1. The molecule has 0 saturated carbocycles. The maximum absolute atomic E-state index is 12.7. The molecule has 0 fully saturated rings. The molecular weight excluding hydrogens is 393 g/mol. The molecule has 0 spiro atoms. The van der Waals surface area contributed by atoms with Crippen LogP contribution in [0, 0.1) is 0 Å². The van der Waals surface area contributed by atoms with Gasteiger partial charge in [0.1, 0.15) is 5.75 Å². The Balaban J connectivity index is 1.77. The summed E-state index contributed by atoms with van der Waals surface area (Å²) in [5.74, 6) is 0.0462. The van der Waals surface area contributed by atoms with Crippen LogP contribution in [-0.2, 0) is 6.18 Å². The number of rotatable bonds is 11. The van der Waals surface area contributed by atoms with E-state index in [9.17, 15) is 18.0 Å². The Morgan fingerprint density at radius 2 is 1.73 bits per heavy atom. The van der Waals surface area contributed by atoms with Crippen molar-refractivity contribution >= 4 is 12.1 Å². The minimum atomic E-state index is -4.50. The molecule has 1 N–H and O–H groups in total. The first-order chi connectivity index (χ1) is 14.4. The third kappa shape index (κ3) is 8.27. The smallest absolute Gasteiger partial charge is 0.416 e. The molecule has 4 nitrogen and oxygen atoms in total. The van der Waals surface area contributed by atoms with E-state index in [1.165, 1.54) is 44.0 Å². The average molecular weight is 420 g/mol. The van der Waals surface area contributed by atoms with Gasteiger partial charge in [0.2, 0.25) is 0 Å². The molecule has 0 saturated heterocycles. The summed E-state index contributed by atoms with van der Waals surface area (Å²) in [6.45, 7) is 2.87. The van der Waals surface area contributed by atoms with E-state index in [1.54, 1.807) is 12.1 Å². The van der Waals surface area contributed by atoms with Crippen LogP contribution in [0.25, 0.3) is 0 Å². The topological polar surface area (TPSA) is 50.7 Å². The van der Waals surface area contributed by atoms with Crippen LogP contribution in [0.5, 0.6) is 5.75 Å². The summed E-state index contributed by atoms with van der Waals surface area (Å²) in [7, 11) is 0. The number of benzene rings is 2. The van der Waals surface area contributed by atoms with Crippen LogP contribution in [0.4, 0.5) is 13.2 Å². The largest absolute Gasteiger partial charge is 0.494 e. The highest BCUT2D eigenvalue weighted by Gasteiger charge is 2.30. The normalized spacial score (nSPS) is 11.6. The highest BCUT2D eigenvalue weighted by Crippen LogP contribution is 2.29. The number of unbranched alkanes of at least 4 members (excludes halogenated alkanes) is 5. The van der Waals surface area contributed by atoms with Crippen molar-refractivity contribution in [3.8, 4) is 5.75 Å². The second-order valence-electron chi connectivity index (χ2n) is 6.96. The summed E-state index contributed by atoms with van der Waals surface area (Å²) in [6, 6.07) is 11.4. The number of alkyl halides is 3. The number of nitrogens with one attached hydrogen (secondary N) is 1. The molecule has 0 aliphatic rings. The van der Waals surface area contributed by atoms with Crippen molar-refractivity contribution < 1.29 is 22.7 Å². The van der Waals surface area contributed by atoms with Crippen LogP contribution >= 0.6 is 0 Å². The zero-order valence-corrected chi connectivity index (χ0v) is 17.0. The minimum absolute atomic E-state index is 0.111. The van der Waals surface area contributed by atoms with Crippen LogP contribution in [0.1, 0.15) is 66.9 Å². The molecule has 0 bridgehead atoms. The Hall–Kier alpha value is -2.83. The quantitative estimate of drug-likeness (QED) is 0.267. The third-order valence-corrected chi connectivity index (χ3v) is 4.48. The number of hydrazone groups is 1.